The summed E-state index contributed by atoms with van der Waals surface area (Å²) in [5.74, 6) is 0.440. The van der Waals surface area contributed by atoms with Crippen LogP contribution in [0.25, 0.3) is 0 Å². The minimum atomic E-state index is -3.15. The summed E-state index contributed by atoms with van der Waals surface area (Å²) >= 11 is 0. The van der Waals surface area contributed by atoms with Gasteiger partial charge >= 0.3 is 0 Å². The van der Waals surface area contributed by atoms with Crippen molar-refractivity contribution in [1.82, 2.24) is 4.72 Å². The first-order valence-electron chi connectivity index (χ1n) is 8.38. The molecule has 2 rings (SSSR count). The molecule has 0 radical (unpaired) electrons. The van der Waals surface area contributed by atoms with Crippen LogP contribution in [0.2, 0.25) is 0 Å². The molecule has 4 nitrogen and oxygen atoms in total. The number of piperidine rings is 1. The van der Waals surface area contributed by atoms with E-state index in [2.05, 4.69) is 9.62 Å². The van der Waals surface area contributed by atoms with Crippen LogP contribution in [0, 0.1) is 11.7 Å². The number of nitrogens with zero attached hydrogens (tertiary/aromatic N) is 1. The molecule has 1 aliphatic rings. The van der Waals surface area contributed by atoms with E-state index in [0.717, 1.165) is 38.8 Å². The Hall–Kier alpha value is -1.14. The molecular formula is C17H27FN2O2S. The van der Waals surface area contributed by atoms with Gasteiger partial charge in [-0.3, -0.25) is 0 Å². The average molecular weight is 342 g/mol. The number of hydrogen-bond acceptors (Lipinski definition) is 3. The lowest BCUT2D eigenvalue weighted by molar-refractivity contribution is 0.371. The molecule has 1 heterocycles. The Bertz CT molecular complexity index is 596. The number of hydrogen-bond donors (Lipinski definition) is 1. The second-order valence-corrected chi connectivity index (χ2v) is 8.83. The van der Waals surface area contributed by atoms with E-state index < -0.39 is 10.0 Å². The molecule has 0 aliphatic carbocycles. The van der Waals surface area contributed by atoms with E-state index in [1.807, 2.05) is 12.1 Å². The summed E-state index contributed by atoms with van der Waals surface area (Å²) < 4.78 is 39.8. The van der Waals surface area contributed by atoms with Crippen LogP contribution in [0.5, 0.6) is 0 Å². The van der Waals surface area contributed by atoms with Crippen molar-refractivity contribution >= 4 is 15.7 Å². The van der Waals surface area contributed by atoms with E-state index in [1.165, 1.54) is 6.07 Å². The van der Waals surface area contributed by atoms with Gasteiger partial charge in [0.1, 0.15) is 5.82 Å². The predicted molar refractivity (Wildman–Crippen MR) is 92.6 cm³/mol. The van der Waals surface area contributed by atoms with Crippen molar-refractivity contribution in [2.45, 2.75) is 44.8 Å². The Labute approximate surface area is 139 Å². The smallest absolute Gasteiger partial charge is 0.213 e. The first-order valence-corrected chi connectivity index (χ1v) is 9.92. The molecule has 6 heteroatoms. The normalized spacial score (nSPS) is 17.0. The number of para-hydroxylation sites is 1. The fourth-order valence-electron chi connectivity index (χ4n) is 2.94. The number of nitrogens with one attached hydrogen (secondary N) is 1. The molecule has 0 amide bonds. The molecule has 1 N–H and O–H groups in total. The summed E-state index contributed by atoms with van der Waals surface area (Å²) in [5, 5.41) is -0.383. The van der Waals surface area contributed by atoms with E-state index in [4.69, 9.17) is 0 Å². The lowest BCUT2D eigenvalue weighted by atomic mass is 9.92. The molecule has 0 saturated carbocycles. The zero-order chi connectivity index (χ0) is 16.9. The predicted octanol–water partition coefficient (Wildman–Crippen LogP) is 3.15. The van der Waals surface area contributed by atoms with Gasteiger partial charge in [-0.05, 0) is 57.6 Å². The first kappa shape index (κ1) is 18.2. The van der Waals surface area contributed by atoms with Gasteiger partial charge in [0.2, 0.25) is 10.0 Å². The molecule has 1 aromatic rings. The molecule has 1 aliphatic heterocycles. The van der Waals surface area contributed by atoms with Crippen molar-refractivity contribution in [3.8, 4) is 0 Å². The second-order valence-electron chi connectivity index (χ2n) is 6.51. The van der Waals surface area contributed by atoms with Crippen molar-refractivity contribution < 1.29 is 12.8 Å². The van der Waals surface area contributed by atoms with Crippen molar-refractivity contribution in [2.24, 2.45) is 5.92 Å². The number of benzene rings is 1. The summed E-state index contributed by atoms with van der Waals surface area (Å²) in [6.07, 6.45) is 3.94. The first-order chi connectivity index (χ1) is 10.9. The maximum atomic E-state index is 13.8. The highest BCUT2D eigenvalue weighted by Crippen LogP contribution is 2.27. The molecule has 0 unspecified atom stereocenters. The largest absolute Gasteiger partial charge is 0.369 e. The molecule has 1 saturated heterocycles. The highest BCUT2D eigenvalue weighted by Gasteiger charge is 2.21. The molecule has 1 fully saturated rings. The quantitative estimate of drug-likeness (QED) is 0.775. The van der Waals surface area contributed by atoms with Gasteiger partial charge in [-0.1, -0.05) is 12.1 Å². The summed E-state index contributed by atoms with van der Waals surface area (Å²) in [4.78, 5) is 2.10. The Morgan fingerprint density at radius 2 is 1.91 bits per heavy atom. The van der Waals surface area contributed by atoms with Crippen LogP contribution in [0.1, 0.15) is 39.5 Å². The summed E-state index contributed by atoms with van der Waals surface area (Å²) in [6.45, 7) is 5.60. The third-order valence-corrected chi connectivity index (χ3v) is 6.37. The van der Waals surface area contributed by atoms with Crippen molar-refractivity contribution in [2.75, 3.05) is 24.5 Å². The molecule has 0 aromatic heterocycles. The fourth-order valence-corrected chi connectivity index (χ4v) is 3.70. The van der Waals surface area contributed by atoms with Crippen molar-refractivity contribution in [1.29, 1.82) is 0 Å². The van der Waals surface area contributed by atoms with Gasteiger partial charge < -0.3 is 4.90 Å². The molecule has 23 heavy (non-hydrogen) atoms. The van der Waals surface area contributed by atoms with Crippen LogP contribution in [0.3, 0.4) is 0 Å². The highest BCUT2D eigenvalue weighted by molar-refractivity contribution is 7.90. The topological polar surface area (TPSA) is 49.4 Å². The average Bonchev–Trinajstić information content (AvgIpc) is 2.53. The van der Waals surface area contributed by atoms with Crippen LogP contribution < -0.4 is 9.62 Å². The Morgan fingerprint density at radius 1 is 1.26 bits per heavy atom. The number of anilines is 1. The molecule has 1 aromatic carbocycles. The minimum Gasteiger partial charge on any atom is -0.369 e. The Balaban J connectivity index is 1.70. The van der Waals surface area contributed by atoms with E-state index >= 15 is 0 Å². The van der Waals surface area contributed by atoms with Crippen LogP contribution in [0.4, 0.5) is 10.1 Å². The van der Waals surface area contributed by atoms with Gasteiger partial charge in [0.25, 0.3) is 0 Å². The summed E-state index contributed by atoms with van der Waals surface area (Å²) in [5.41, 5.74) is 0.690. The number of halogens is 1. The van der Waals surface area contributed by atoms with Crippen molar-refractivity contribution in [3.05, 3.63) is 30.1 Å². The van der Waals surface area contributed by atoms with Crippen LogP contribution >= 0.6 is 0 Å². The molecule has 0 spiro atoms. The maximum absolute atomic E-state index is 13.8. The summed E-state index contributed by atoms with van der Waals surface area (Å²) in [7, 11) is -3.15. The van der Waals surface area contributed by atoms with Crippen LogP contribution in [-0.2, 0) is 10.0 Å². The number of sulfonamides is 1. The van der Waals surface area contributed by atoms with Crippen molar-refractivity contribution in [3.63, 3.8) is 0 Å². The third-order valence-electron chi connectivity index (χ3n) is 4.52. The Kier molecular flexibility index (Phi) is 6.41. The van der Waals surface area contributed by atoms with E-state index in [-0.39, 0.29) is 11.1 Å². The third kappa shape index (κ3) is 5.18. The molecule has 0 bridgehead atoms. The monoisotopic (exact) mass is 342 g/mol. The molecule has 130 valence electrons. The fraction of sp³-hybridized carbons (Fsp3) is 0.647. The van der Waals surface area contributed by atoms with E-state index in [9.17, 15) is 12.8 Å². The van der Waals surface area contributed by atoms with E-state index in [0.29, 0.717) is 18.2 Å². The zero-order valence-electron chi connectivity index (χ0n) is 14.0. The molecule has 0 atom stereocenters. The summed E-state index contributed by atoms with van der Waals surface area (Å²) in [6, 6.07) is 6.91. The van der Waals surface area contributed by atoms with Gasteiger partial charge in [-0.15, -0.1) is 0 Å². The van der Waals surface area contributed by atoms with Gasteiger partial charge in [0.05, 0.1) is 10.9 Å². The van der Waals surface area contributed by atoms with Crippen LogP contribution in [-0.4, -0.2) is 33.3 Å². The minimum absolute atomic E-state index is 0.158. The highest BCUT2D eigenvalue weighted by atomic mass is 32.2. The Morgan fingerprint density at radius 3 is 2.52 bits per heavy atom. The lowest BCUT2D eigenvalue weighted by Gasteiger charge is -2.33. The maximum Gasteiger partial charge on any atom is 0.213 e. The van der Waals surface area contributed by atoms with Gasteiger partial charge in [0.15, 0.2) is 0 Å². The zero-order valence-corrected chi connectivity index (χ0v) is 14.8. The molecular weight excluding hydrogens is 315 g/mol. The standard InChI is InChI=1S/C17H27FN2O2S/c1-14(2)23(21,22)19-11-5-6-15-9-12-20(13-10-15)17-8-4-3-7-16(17)18/h3-4,7-8,14-15,19H,5-6,9-13H2,1-2H3. The van der Waals surface area contributed by atoms with E-state index in [1.54, 1.807) is 19.9 Å². The number of rotatable bonds is 7. The lowest BCUT2D eigenvalue weighted by Crippen LogP contribution is -2.35. The second kappa shape index (κ2) is 8.11. The van der Waals surface area contributed by atoms with Gasteiger partial charge in [0, 0.05) is 19.6 Å². The van der Waals surface area contributed by atoms with Gasteiger partial charge in [-0.25, -0.2) is 17.5 Å². The SMILES string of the molecule is CC(C)S(=O)(=O)NCCCC1CCN(c2ccccc2F)CC1. The van der Waals surface area contributed by atoms with Gasteiger partial charge in [-0.2, -0.15) is 0 Å². The van der Waals surface area contributed by atoms with Crippen LogP contribution in [0.15, 0.2) is 24.3 Å².